The molecule has 19 nitrogen and oxygen atoms in total. The molecular formula is C63H87ClN8O11. The first-order chi connectivity index (χ1) is 40.0. The Bertz CT molecular complexity index is 2770. The lowest BCUT2D eigenvalue weighted by atomic mass is 9.48. The van der Waals surface area contributed by atoms with Crippen LogP contribution in [0.25, 0.3) is 0 Å². The van der Waals surface area contributed by atoms with Crippen molar-refractivity contribution in [1.29, 1.82) is 0 Å². The average Bonchev–Trinajstić information content (AvgIpc) is 1.65. The lowest BCUT2D eigenvalue weighted by molar-refractivity contribution is -0.187. The monoisotopic (exact) mass is 1170 g/mol. The number of nitrogens with two attached hydrogens (primary N) is 1. The van der Waals surface area contributed by atoms with Gasteiger partial charge in [0.15, 0.2) is 11.5 Å². The van der Waals surface area contributed by atoms with E-state index >= 15 is 0 Å². The van der Waals surface area contributed by atoms with Crippen LogP contribution < -0.4 is 31.3 Å². The molecule has 83 heavy (non-hydrogen) atoms. The maximum absolute atomic E-state index is 14.2. The van der Waals surface area contributed by atoms with Gasteiger partial charge in [0.1, 0.15) is 32.5 Å². The standard InChI is InChI=1S/C63H87ClN8O11/c1-42-11-17-48(37-49(42)64)72(29-10-28-70-30-20-44(21-31-70)35-43-12-14-45(15-13-43)60(65)78)61(79)46-22-32-71(33-23-46)56(77)41-82-39-54(75)67-27-9-7-5-3-4-6-8-26-66-53(74)38-81-40-55(76)68-50-19-24-63(80)52-36-47-16-18-51(73)58-57(47)62(63,59(50)83-58)25-34-69(52)2/h11-18,37,44,46,50,52,59,73,80H,3-10,19-36,38-41H2,1-2H3,(H2,65,78)(H,66,74)(H,67,75)(H,68,76)/t50-,52+,59-,62-,63+/m0/s1. The van der Waals surface area contributed by atoms with Crippen molar-refractivity contribution in [3.8, 4) is 11.5 Å². The number of nitrogens with one attached hydrogen (secondary N) is 3. The van der Waals surface area contributed by atoms with Crippen LogP contribution in [-0.2, 0) is 51.7 Å². The van der Waals surface area contributed by atoms with Gasteiger partial charge in [0, 0.05) is 66.5 Å². The van der Waals surface area contributed by atoms with Crippen LogP contribution in [-0.4, -0.2) is 177 Å². The number of phenols is 1. The quantitative estimate of drug-likeness (QED) is 0.0504. The number of anilines is 1. The van der Waals surface area contributed by atoms with Crippen LogP contribution >= 0.6 is 11.6 Å². The van der Waals surface area contributed by atoms with E-state index in [4.69, 9.17) is 31.5 Å². The second-order valence-corrected chi connectivity index (χ2v) is 24.6. The smallest absolute Gasteiger partial charge is 0.248 e. The van der Waals surface area contributed by atoms with E-state index in [0.717, 1.165) is 119 Å². The summed E-state index contributed by atoms with van der Waals surface area (Å²) in [5.74, 6) is -0.668. The van der Waals surface area contributed by atoms with Gasteiger partial charge in [-0.05, 0) is 170 Å². The number of hydrogen-bond donors (Lipinski definition) is 6. The number of aromatic hydroxyl groups is 1. The molecule has 6 aliphatic rings. The molecule has 5 atom stereocenters. The number of piperidine rings is 3. The lowest BCUT2D eigenvalue weighted by Crippen LogP contribution is -2.77. The van der Waals surface area contributed by atoms with E-state index in [2.05, 4.69) is 25.8 Å². The minimum Gasteiger partial charge on any atom is -0.504 e. The lowest BCUT2D eigenvalue weighted by Gasteiger charge is -2.63. The summed E-state index contributed by atoms with van der Waals surface area (Å²) in [7, 11) is 2.04. The predicted molar refractivity (Wildman–Crippen MR) is 315 cm³/mol. The summed E-state index contributed by atoms with van der Waals surface area (Å²) in [5.41, 5.74) is 9.06. The molecule has 1 spiro atoms. The number of carbonyl (C=O) groups excluding carboxylic acids is 6. The number of likely N-dealkylation sites (N-methyl/N-ethyl adjacent to an activating group) is 1. The summed E-state index contributed by atoms with van der Waals surface area (Å²) in [5, 5.41) is 32.6. The van der Waals surface area contributed by atoms with Crippen molar-refractivity contribution in [3.05, 3.63) is 87.4 Å². The highest BCUT2D eigenvalue weighted by Crippen LogP contribution is 2.65. The number of rotatable bonds is 28. The van der Waals surface area contributed by atoms with Crippen molar-refractivity contribution < 1.29 is 53.2 Å². The highest BCUT2D eigenvalue weighted by atomic mass is 35.5. The minimum absolute atomic E-state index is 0.0456. The number of hydrogen-bond acceptors (Lipinski definition) is 13. The Balaban J connectivity index is 0.573. The van der Waals surface area contributed by atoms with Crippen LogP contribution in [0.3, 0.4) is 0 Å². The Hall–Kier alpha value is -5.83. The molecule has 4 heterocycles. The van der Waals surface area contributed by atoms with E-state index in [0.29, 0.717) is 93.5 Å². The van der Waals surface area contributed by atoms with E-state index in [-0.39, 0.29) is 73.7 Å². The van der Waals surface area contributed by atoms with Gasteiger partial charge >= 0.3 is 0 Å². The van der Waals surface area contributed by atoms with E-state index in [1.54, 1.807) is 23.1 Å². The first-order valence-corrected chi connectivity index (χ1v) is 30.8. The molecule has 1 saturated carbocycles. The van der Waals surface area contributed by atoms with Crippen LogP contribution in [0.5, 0.6) is 11.5 Å². The number of ether oxygens (including phenoxy) is 3. The number of carbonyl (C=O) groups is 6. The molecule has 452 valence electrons. The molecule has 7 N–H and O–H groups in total. The summed E-state index contributed by atoms with van der Waals surface area (Å²) in [6.07, 6.45) is 13.5. The average molecular weight is 1170 g/mol. The van der Waals surface area contributed by atoms with Crippen molar-refractivity contribution >= 4 is 52.7 Å². The molecule has 20 heteroatoms. The Kier molecular flexibility index (Phi) is 21.1. The van der Waals surface area contributed by atoms with Gasteiger partial charge in [-0.3, -0.25) is 28.8 Å². The number of likely N-dealkylation sites (tertiary alicyclic amines) is 3. The number of aliphatic hydroxyl groups is 1. The molecule has 3 aromatic carbocycles. The maximum atomic E-state index is 14.2. The highest BCUT2D eigenvalue weighted by Gasteiger charge is 2.72. The van der Waals surface area contributed by atoms with Crippen LogP contribution in [0.2, 0.25) is 5.02 Å². The third-order valence-electron chi connectivity index (χ3n) is 18.8. The second kappa shape index (κ2) is 28.4. The molecular weight excluding hydrogens is 1080 g/mol. The molecule has 3 saturated heterocycles. The Morgan fingerprint density at radius 3 is 2.08 bits per heavy atom. The van der Waals surface area contributed by atoms with Gasteiger partial charge in [0.25, 0.3) is 0 Å². The van der Waals surface area contributed by atoms with Gasteiger partial charge in [-0.15, -0.1) is 0 Å². The molecule has 0 aromatic heterocycles. The summed E-state index contributed by atoms with van der Waals surface area (Å²) in [4.78, 5) is 85.1. The summed E-state index contributed by atoms with van der Waals surface area (Å²) >= 11 is 6.57. The number of halogens is 1. The fourth-order valence-corrected chi connectivity index (χ4v) is 14.3. The topological polar surface area (TPSA) is 246 Å². The predicted octanol–water partition coefficient (Wildman–Crippen LogP) is 5.33. The largest absolute Gasteiger partial charge is 0.504 e. The normalized spacial score (nSPS) is 23.2. The fourth-order valence-electron chi connectivity index (χ4n) is 14.1. The number of nitrogens with zero attached hydrogens (tertiary/aromatic N) is 4. The van der Waals surface area contributed by atoms with Crippen molar-refractivity contribution in [3.63, 3.8) is 0 Å². The highest BCUT2D eigenvalue weighted by molar-refractivity contribution is 6.31. The molecule has 0 unspecified atom stereocenters. The molecule has 6 amide bonds. The number of aryl methyl sites for hydroxylation is 1. The molecule has 9 rings (SSSR count). The zero-order valence-corrected chi connectivity index (χ0v) is 49.4. The third-order valence-corrected chi connectivity index (χ3v) is 19.2. The van der Waals surface area contributed by atoms with Gasteiger partial charge < -0.3 is 65.7 Å². The summed E-state index contributed by atoms with van der Waals surface area (Å²) in [6.45, 7) is 7.14. The van der Waals surface area contributed by atoms with Crippen LogP contribution in [0.1, 0.15) is 129 Å². The number of primary amides is 1. The molecule has 4 aliphatic heterocycles. The van der Waals surface area contributed by atoms with E-state index in [1.807, 2.05) is 55.3 Å². The Morgan fingerprint density at radius 2 is 1.42 bits per heavy atom. The minimum atomic E-state index is -1.05. The van der Waals surface area contributed by atoms with Crippen molar-refractivity contribution in [2.45, 2.75) is 145 Å². The van der Waals surface area contributed by atoms with E-state index in [9.17, 15) is 39.0 Å². The maximum Gasteiger partial charge on any atom is 0.248 e. The molecule has 0 radical (unpaired) electrons. The van der Waals surface area contributed by atoms with Crippen LogP contribution in [0.4, 0.5) is 5.69 Å². The van der Waals surface area contributed by atoms with Gasteiger partial charge in [-0.2, -0.15) is 0 Å². The molecule has 3 aromatic rings. The van der Waals surface area contributed by atoms with E-state index < -0.39 is 29.1 Å². The van der Waals surface area contributed by atoms with E-state index in [1.165, 1.54) is 5.56 Å². The third kappa shape index (κ3) is 14.6. The summed E-state index contributed by atoms with van der Waals surface area (Å²) < 4.78 is 17.5. The number of amides is 6. The SMILES string of the molecule is Cc1ccc(N(CCCN2CCC(Cc3ccc(C(N)=O)cc3)CC2)C(=O)C2CCN(C(=O)COCC(=O)NCCCCCCCCCNC(=O)COCC(=O)N[C@H]3CC[C@@]4(O)[C@H]5Cc6ccc(O)c7c6[C@@]4(CCN5C)[C@H]3O7)CC2)cc1Cl. The Labute approximate surface area is 493 Å². The van der Waals surface area contributed by atoms with Crippen molar-refractivity contribution in [2.75, 3.05) is 97.3 Å². The van der Waals surface area contributed by atoms with Gasteiger partial charge in [0.2, 0.25) is 35.4 Å². The van der Waals surface area contributed by atoms with Gasteiger partial charge in [0.05, 0.1) is 17.1 Å². The number of unbranched alkanes of at least 4 members (excludes halogenated alkanes) is 6. The van der Waals surface area contributed by atoms with Crippen molar-refractivity contribution in [2.24, 2.45) is 17.6 Å². The van der Waals surface area contributed by atoms with Crippen LogP contribution in [0.15, 0.2) is 54.6 Å². The van der Waals surface area contributed by atoms with Gasteiger partial charge in [-0.25, -0.2) is 0 Å². The zero-order valence-electron chi connectivity index (χ0n) is 48.6. The zero-order chi connectivity index (χ0) is 58.7. The van der Waals surface area contributed by atoms with Crippen molar-refractivity contribution in [1.82, 2.24) is 30.7 Å². The Morgan fingerprint density at radius 1 is 0.771 bits per heavy atom. The first-order valence-electron chi connectivity index (χ1n) is 30.4. The first kappa shape index (κ1) is 61.7. The number of benzene rings is 3. The van der Waals surface area contributed by atoms with Crippen LogP contribution in [0, 0.1) is 18.8 Å². The van der Waals surface area contributed by atoms with Gasteiger partial charge in [-0.1, -0.05) is 68.0 Å². The second-order valence-electron chi connectivity index (χ2n) is 24.2. The molecule has 2 aliphatic carbocycles. The molecule has 2 bridgehead atoms. The number of phenolic OH excluding ortho intramolecular Hbond substituents is 1. The summed E-state index contributed by atoms with van der Waals surface area (Å²) in [6, 6.07) is 16.5. The fraction of sp³-hybridized carbons (Fsp3) is 0.619. The molecule has 4 fully saturated rings.